The maximum Gasteiger partial charge on any atom is 0.167 e. The zero-order valence-corrected chi connectivity index (χ0v) is 3.91. The van der Waals surface area contributed by atoms with Gasteiger partial charge in [0.25, 0.3) is 0 Å². The maximum absolute atomic E-state index is 9.63. The summed E-state index contributed by atoms with van der Waals surface area (Å²) in [5.41, 5.74) is 0. The number of hydrogen-bond donors (Lipinski definition) is 0. The van der Waals surface area contributed by atoms with Crippen LogP contribution in [0.2, 0.25) is 0 Å². The fourth-order valence-electron chi connectivity index (χ4n) is 0. The van der Waals surface area contributed by atoms with E-state index in [1.165, 1.54) is 0 Å². The van der Waals surface area contributed by atoms with Crippen LogP contribution in [0.5, 0.6) is 0 Å². The summed E-state index contributed by atoms with van der Waals surface area (Å²) in [7, 11) is 2.30. The second-order valence-corrected chi connectivity index (χ2v) is 2.72. The summed E-state index contributed by atoms with van der Waals surface area (Å²) in [6, 6.07) is 0. The number of hydrogen-bond acceptors (Lipinski definition) is 1. The van der Waals surface area contributed by atoms with Crippen LogP contribution in [-0.4, -0.2) is 15.1 Å². The quantitative estimate of drug-likeness (QED) is 0.256. The summed E-state index contributed by atoms with van der Waals surface area (Å²) in [6.07, 6.45) is 0. The van der Waals surface area contributed by atoms with E-state index in [-0.39, 0.29) is 0 Å². The standard InChI is InChI=1S/B2H5OP/c1-4(2)3/h4H,1-2H2. The Balaban J connectivity index is 2.80. The van der Waals surface area contributed by atoms with Crippen molar-refractivity contribution in [1.82, 2.24) is 0 Å². The van der Waals surface area contributed by atoms with Crippen molar-refractivity contribution in [3.05, 3.63) is 0 Å². The molecule has 0 rings (SSSR count). The Kier molecular flexibility index (Phi) is 1.81. The van der Waals surface area contributed by atoms with Crippen molar-refractivity contribution in [2.45, 2.75) is 0 Å². The highest BCUT2D eigenvalue weighted by molar-refractivity contribution is 7.92. The van der Waals surface area contributed by atoms with E-state index in [1.54, 1.807) is 15.1 Å². The Morgan fingerprint density at radius 2 is 1.50 bits per heavy atom. The Morgan fingerprint density at radius 3 is 1.50 bits per heavy atom. The number of rotatable bonds is 0. The zero-order chi connectivity index (χ0) is 3.58. The van der Waals surface area contributed by atoms with Gasteiger partial charge in [-0.3, -0.25) is 0 Å². The van der Waals surface area contributed by atoms with E-state index in [2.05, 4.69) is 0 Å². The molecule has 0 atom stereocenters. The van der Waals surface area contributed by atoms with Gasteiger partial charge in [-0.2, -0.15) is 0 Å². The molecule has 0 bridgehead atoms. The van der Waals surface area contributed by atoms with Crippen molar-refractivity contribution in [1.29, 1.82) is 0 Å². The fraction of sp³-hybridized carbons (Fsp3) is 0. The Morgan fingerprint density at radius 1 is 1.50 bits per heavy atom. The van der Waals surface area contributed by atoms with Gasteiger partial charge in [-0.05, 0) is 7.56 Å². The molecule has 0 radical (unpaired) electrons. The highest BCUT2D eigenvalue weighted by atomic mass is 31.1. The first-order valence-electron chi connectivity index (χ1n) is 1.20. The average Bonchev–Trinajstić information content (AvgIpc) is 0.811. The van der Waals surface area contributed by atoms with Crippen molar-refractivity contribution in [2.75, 3.05) is 0 Å². The molecule has 0 saturated heterocycles. The van der Waals surface area contributed by atoms with Crippen molar-refractivity contribution >= 4 is 22.7 Å². The molecule has 22 valence electrons. The summed E-state index contributed by atoms with van der Waals surface area (Å²) in [5.74, 6) is 0. The summed E-state index contributed by atoms with van der Waals surface area (Å²) in [5, 5.41) is 0. The van der Waals surface area contributed by atoms with Crippen LogP contribution < -0.4 is 0 Å². The van der Waals surface area contributed by atoms with Crippen LogP contribution in [0.4, 0.5) is 0 Å². The van der Waals surface area contributed by atoms with Crippen molar-refractivity contribution in [2.24, 2.45) is 0 Å². The molecule has 0 spiro atoms. The third kappa shape index (κ3) is 33.7. The molecule has 0 fully saturated rings. The summed E-state index contributed by atoms with van der Waals surface area (Å²) in [6.45, 7) is 0. The largest absolute Gasteiger partial charge is 0.348 e. The van der Waals surface area contributed by atoms with Crippen LogP contribution in [0.3, 0.4) is 0 Å². The molecule has 1 nitrogen and oxygen atoms in total. The first-order valence-corrected chi connectivity index (χ1v) is 3.61. The molecule has 0 aromatic carbocycles. The van der Waals surface area contributed by atoms with Gasteiger partial charge in [-0.25, -0.2) is 0 Å². The molecular formula is H5B2OP. The molecule has 0 saturated carbocycles. The van der Waals surface area contributed by atoms with Gasteiger partial charge in [0, 0.05) is 0 Å². The van der Waals surface area contributed by atoms with E-state index in [9.17, 15) is 4.57 Å². The van der Waals surface area contributed by atoms with E-state index in [4.69, 9.17) is 0 Å². The van der Waals surface area contributed by atoms with Crippen LogP contribution in [0, 0.1) is 0 Å². The van der Waals surface area contributed by atoms with Gasteiger partial charge in [0.2, 0.25) is 0 Å². The van der Waals surface area contributed by atoms with Gasteiger partial charge < -0.3 is 4.57 Å². The topological polar surface area (TPSA) is 17.1 Å². The van der Waals surface area contributed by atoms with E-state index < -0.39 is 7.56 Å². The van der Waals surface area contributed by atoms with E-state index in [0.717, 1.165) is 0 Å². The molecule has 0 aliphatic rings. The normalized spacial score (nSPS) is 8.25. The smallest absolute Gasteiger partial charge is 0.167 e. The Bertz CT molecular complexity index is 29.0. The first kappa shape index (κ1) is 4.36. The fourth-order valence-corrected chi connectivity index (χ4v) is 0. The second kappa shape index (κ2) is 1.66. The molecule has 4 heavy (non-hydrogen) atoms. The first-order chi connectivity index (χ1) is 1.73. The van der Waals surface area contributed by atoms with Crippen LogP contribution >= 0.6 is 7.56 Å². The predicted octanol–water partition coefficient (Wildman–Crippen LogP) is -1.36. The third-order valence-electron chi connectivity index (χ3n) is 0. The zero-order valence-electron chi connectivity index (χ0n) is 2.91. The summed E-state index contributed by atoms with van der Waals surface area (Å²) >= 11 is 0. The lowest BCUT2D eigenvalue weighted by Gasteiger charge is -1.57. The summed E-state index contributed by atoms with van der Waals surface area (Å²) in [4.78, 5) is 0. The lowest BCUT2D eigenvalue weighted by molar-refractivity contribution is 0.602. The monoisotopic (exact) mass is 74.0 g/mol. The van der Waals surface area contributed by atoms with Crippen molar-refractivity contribution in [3.63, 3.8) is 0 Å². The summed E-state index contributed by atoms with van der Waals surface area (Å²) < 4.78 is 9.63. The van der Waals surface area contributed by atoms with Crippen LogP contribution in [-0.2, 0) is 4.57 Å². The molecule has 0 aliphatic carbocycles. The lowest BCUT2D eigenvalue weighted by Crippen LogP contribution is -1.43. The molecule has 0 unspecified atom stereocenters. The van der Waals surface area contributed by atoms with Gasteiger partial charge in [0.05, 0.1) is 0 Å². The van der Waals surface area contributed by atoms with Crippen LogP contribution in [0.15, 0.2) is 0 Å². The Labute approximate surface area is 28.3 Å². The minimum Gasteiger partial charge on any atom is -0.348 e. The molecule has 0 N–H and O–H groups in total. The van der Waals surface area contributed by atoms with Crippen molar-refractivity contribution < 1.29 is 4.57 Å². The van der Waals surface area contributed by atoms with Crippen LogP contribution in [0.1, 0.15) is 0 Å². The predicted molar refractivity (Wildman–Crippen MR) is 26.1 cm³/mol. The molecule has 4 heteroatoms. The van der Waals surface area contributed by atoms with Gasteiger partial charge >= 0.3 is 0 Å². The molecule has 0 aliphatic heterocycles. The van der Waals surface area contributed by atoms with Gasteiger partial charge in [-0.1, -0.05) is 0 Å². The van der Waals surface area contributed by atoms with Gasteiger partial charge in [0.15, 0.2) is 15.1 Å². The molecule has 0 aromatic rings. The highest BCUT2D eigenvalue weighted by Gasteiger charge is 1.62. The van der Waals surface area contributed by atoms with E-state index in [1.807, 2.05) is 0 Å². The van der Waals surface area contributed by atoms with Gasteiger partial charge in [0.1, 0.15) is 0 Å². The molecule has 0 heterocycles. The average molecular weight is 73.6 g/mol. The van der Waals surface area contributed by atoms with E-state index in [0.29, 0.717) is 0 Å². The van der Waals surface area contributed by atoms with Crippen molar-refractivity contribution in [3.8, 4) is 0 Å². The Hall–Kier alpha value is 0.360. The molecule has 0 amide bonds. The molecular weight excluding hydrogens is 68.6 g/mol. The lowest BCUT2D eigenvalue weighted by atomic mass is 10.7. The highest BCUT2D eigenvalue weighted by Crippen LogP contribution is 1.96. The SMILES string of the molecule is B[PH](B)=O. The molecule has 0 aromatic heterocycles. The second-order valence-electron chi connectivity index (χ2n) is 0.908. The maximum atomic E-state index is 9.63. The van der Waals surface area contributed by atoms with Gasteiger partial charge in [-0.15, -0.1) is 0 Å². The third-order valence-corrected chi connectivity index (χ3v) is 0. The minimum absolute atomic E-state index is 1.13. The minimum atomic E-state index is -1.13. The van der Waals surface area contributed by atoms with E-state index >= 15 is 0 Å². The van der Waals surface area contributed by atoms with Crippen LogP contribution in [0.25, 0.3) is 0 Å².